The van der Waals surface area contributed by atoms with E-state index in [0.29, 0.717) is 5.52 Å². The summed E-state index contributed by atoms with van der Waals surface area (Å²) in [7, 11) is 0. The largest absolute Gasteiger partial charge is 0.324 e. The summed E-state index contributed by atoms with van der Waals surface area (Å²) in [4.78, 5) is 26.6. The van der Waals surface area contributed by atoms with Crippen LogP contribution in [0.4, 0.5) is 20.2 Å². The summed E-state index contributed by atoms with van der Waals surface area (Å²) in [5.41, 5.74) is 0.496. The Kier molecular flexibility index (Phi) is 3.90. The number of halogens is 2. The van der Waals surface area contributed by atoms with Crippen molar-refractivity contribution in [2.24, 2.45) is 0 Å². The highest BCUT2D eigenvalue weighted by atomic mass is 19.2. The number of rotatable bonds is 4. The van der Waals surface area contributed by atoms with Crippen LogP contribution in [0.2, 0.25) is 0 Å². The number of anilines is 1. The molecule has 3 rings (SSSR count). The van der Waals surface area contributed by atoms with E-state index in [1.54, 1.807) is 6.07 Å². The Labute approximate surface area is 133 Å². The SMILES string of the molecule is O=C(Cn1cnc2cccc([N+](=O)[O-])c21)Nc1ccc(F)c(F)c1. The highest BCUT2D eigenvalue weighted by Crippen LogP contribution is 2.24. The summed E-state index contributed by atoms with van der Waals surface area (Å²) in [6.45, 7) is -0.264. The lowest BCUT2D eigenvalue weighted by molar-refractivity contribution is -0.383. The molecule has 3 aromatic rings. The number of nitrogens with one attached hydrogen (secondary N) is 1. The summed E-state index contributed by atoms with van der Waals surface area (Å²) in [6.07, 6.45) is 1.31. The fraction of sp³-hybridized carbons (Fsp3) is 0.0667. The minimum Gasteiger partial charge on any atom is -0.324 e. The van der Waals surface area contributed by atoms with Crippen molar-refractivity contribution in [3.8, 4) is 0 Å². The maximum Gasteiger partial charge on any atom is 0.295 e. The lowest BCUT2D eigenvalue weighted by atomic mass is 10.2. The zero-order valence-corrected chi connectivity index (χ0v) is 12.1. The second-order valence-corrected chi connectivity index (χ2v) is 4.95. The number of nitro groups is 1. The monoisotopic (exact) mass is 332 g/mol. The van der Waals surface area contributed by atoms with E-state index in [9.17, 15) is 23.7 Å². The Morgan fingerprint density at radius 2 is 2.04 bits per heavy atom. The average molecular weight is 332 g/mol. The van der Waals surface area contributed by atoms with E-state index in [1.807, 2.05) is 0 Å². The number of carbonyl (C=O) groups is 1. The van der Waals surface area contributed by atoms with Crippen molar-refractivity contribution in [3.63, 3.8) is 0 Å². The van der Waals surface area contributed by atoms with Crippen LogP contribution in [-0.4, -0.2) is 20.4 Å². The normalized spacial score (nSPS) is 10.8. The van der Waals surface area contributed by atoms with Gasteiger partial charge in [-0.25, -0.2) is 13.8 Å². The Morgan fingerprint density at radius 3 is 2.75 bits per heavy atom. The number of non-ortho nitro benzene ring substituents is 1. The van der Waals surface area contributed by atoms with Crippen molar-refractivity contribution in [1.29, 1.82) is 0 Å². The molecule has 0 unspecified atom stereocenters. The quantitative estimate of drug-likeness (QED) is 0.587. The van der Waals surface area contributed by atoms with E-state index < -0.39 is 22.5 Å². The summed E-state index contributed by atoms with van der Waals surface area (Å²) in [5.74, 6) is -2.67. The molecular formula is C15H10F2N4O3. The van der Waals surface area contributed by atoms with E-state index in [1.165, 1.54) is 29.1 Å². The molecule has 0 saturated heterocycles. The molecule has 0 spiro atoms. The van der Waals surface area contributed by atoms with Crippen LogP contribution in [0.25, 0.3) is 11.0 Å². The molecule has 1 N–H and O–H groups in total. The van der Waals surface area contributed by atoms with Crippen molar-refractivity contribution in [2.45, 2.75) is 6.54 Å². The number of nitro benzene ring substituents is 1. The van der Waals surface area contributed by atoms with Crippen LogP contribution in [0.1, 0.15) is 0 Å². The van der Waals surface area contributed by atoms with Crippen LogP contribution in [0.3, 0.4) is 0 Å². The first kappa shape index (κ1) is 15.5. The smallest absolute Gasteiger partial charge is 0.295 e. The summed E-state index contributed by atoms with van der Waals surface area (Å²) in [6, 6.07) is 7.36. The maximum atomic E-state index is 13.1. The first-order valence-corrected chi connectivity index (χ1v) is 6.79. The molecule has 1 aromatic heterocycles. The standard InChI is InChI=1S/C15H10F2N4O3/c16-10-5-4-9(6-11(10)17)19-14(22)7-20-8-18-12-2-1-3-13(15(12)20)21(23)24/h1-6,8H,7H2,(H,19,22). The van der Waals surface area contributed by atoms with Crippen LogP contribution in [0.15, 0.2) is 42.7 Å². The number of hydrogen-bond acceptors (Lipinski definition) is 4. The van der Waals surface area contributed by atoms with Gasteiger partial charge in [-0.1, -0.05) is 6.07 Å². The van der Waals surface area contributed by atoms with Gasteiger partial charge in [-0.15, -0.1) is 0 Å². The number of aromatic nitrogens is 2. The third kappa shape index (κ3) is 2.91. The van der Waals surface area contributed by atoms with Crippen molar-refractivity contribution in [3.05, 3.63) is 64.5 Å². The maximum absolute atomic E-state index is 13.1. The molecule has 122 valence electrons. The first-order chi connectivity index (χ1) is 11.5. The lowest BCUT2D eigenvalue weighted by Crippen LogP contribution is -2.18. The van der Waals surface area contributed by atoms with Gasteiger partial charge in [0.15, 0.2) is 11.6 Å². The fourth-order valence-corrected chi connectivity index (χ4v) is 2.30. The van der Waals surface area contributed by atoms with E-state index in [2.05, 4.69) is 10.3 Å². The van der Waals surface area contributed by atoms with Gasteiger partial charge in [-0.3, -0.25) is 14.9 Å². The molecule has 0 fully saturated rings. The van der Waals surface area contributed by atoms with Crippen LogP contribution < -0.4 is 5.32 Å². The van der Waals surface area contributed by atoms with Crippen molar-refractivity contribution in [1.82, 2.24) is 9.55 Å². The van der Waals surface area contributed by atoms with Crippen molar-refractivity contribution >= 4 is 28.3 Å². The molecule has 9 heteroatoms. The molecule has 0 aliphatic heterocycles. The minimum absolute atomic E-state index is 0.0813. The minimum atomic E-state index is -1.09. The number of amides is 1. The second-order valence-electron chi connectivity index (χ2n) is 4.95. The molecule has 7 nitrogen and oxygen atoms in total. The molecule has 1 amide bonds. The van der Waals surface area contributed by atoms with Gasteiger partial charge >= 0.3 is 0 Å². The van der Waals surface area contributed by atoms with Gasteiger partial charge in [-0.05, 0) is 18.2 Å². The Balaban J connectivity index is 1.85. The zero-order chi connectivity index (χ0) is 17.3. The molecule has 0 aliphatic carbocycles. The van der Waals surface area contributed by atoms with E-state index >= 15 is 0 Å². The molecule has 0 saturated carbocycles. The fourth-order valence-electron chi connectivity index (χ4n) is 2.30. The molecular weight excluding hydrogens is 322 g/mol. The predicted molar refractivity (Wildman–Crippen MR) is 81.4 cm³/mol. The number of benzene rings is 2. The summed E-state index contributed by atoms with van der Waals surface area (Å²) < 4.78 is 27.3. The molecule has 0 aliphatic rings. The highest BCUT2D eigenvalue weighted by Gasteiger charge is 2.18. The molecule has 0 radical (unpaired) electrons. The van der Waals surface area contributed by atoms with Gasteiger partial charge in [-0.2, -0.15) is 0 Å². The van der Waals surface area contributed by atoms with Gasteiger partial charge < -0.3 is 9.88 Å². The third-order valence-corrected chi connectivity index (χ3v) is 3.33. The molecule has 2 aromatic carbocycles. The van der Waals surface area contributed by atoms with Gasteiger partial charge in [0.2, 0.25) is 5.91 Å². The number of nitrogens with zero attached hydrogens (tertiary/aromatic N) is 3. The molecule has 0 bridgehead atoms. The van der Waals surface area contributed by atoms with Gasteiger partial charge in [0.05, 0.1) is 16.8 Å². The number of imidazole rings is 1. The van der Waals surface area contributed by atoms with Gasteiger partial charge in [0.1, 0.15) is 12.1 Å². The van der Waals surface area contributed by atoms with Crippen LogP contribution in [0, 0.1) is 21.7 Å². The second kappa shape index (κ2) is 6.03. The molecule has 1 heterocycles. The Morgan fingerprint density at radius 1 is 1.25 bits per heavy atom. The Hall–Kier alpha value is -3.36. The number of hydrogen-bond donors (Lipinski definition) is 1. The van der Waals surface area contributed by atoms with Gasteiger partial charge in [0, 0.05) is 17.8 Å². The van der Waals surface area contributed by atoms with Crippen molar-refractivity contribution < 1.29 is 18.5 Å². The van der Waals surface area contributed by atoms with E-state index in [4.69, 9.17) is 0 Å². The Bertz CT molecular complexity index is 955. The molecule has 0 atom stereocenters. The zero-order valence-electron chi connectivity index (χ0n) is 12.1. The summed E-state index contributed by atoms with van der Waals surface area (Å²) >= 11 is 0. The van der Waals surface area contributed by atoms with Crippen LogP contribution in [0.5, 0.6) is 0 Å². The number of fused-ring (bicyclic) bond motifs is 1. The van der Waals surface area contributed by atoms with Gasteiger partial charge in [0.25, 0.3) is 5.69 Å². The number of carbonyl (C=O) groups excluding carboxylic acids is 1. The average Bonchev–Trinajstić information content (AvgIpc) is 2.94. The first-order valence-electron chi connectivity index (χ1n) is 6.79. The van der Waals surface area contributed by atoms with E-state index in [-0.39, 0.29) is 23.4 Å². The summed E-state index contributed by atoms with van der Waals surface area (Å²) in [5, 5.41) is 13.5. The highest BCUT2D eigenvalue weighted by molar-refractivity contribution is 5.92. The predicted octanol–water partition coefficient (Wildman–Crippen LogP) is 2.86. The van der Waals surface area contributed by atoms with Crippen LogP contribution in [-0.2, 0) is 11.3 Å². The lowest BCUT2D eigenvalue weighted by Gasteiger charge is -2.07. The van der Waals surface area contributed by atoms with E-state index in [0.717, 1.165) is 12.1 Å². The number of para-hydroxylation sites is 1. The third-order valence-electron chi connectivity index (χ3n) is 3.33. The topological polar surface area (TPSA) is 90.1 Å². The van der Waals surface area contributed by atoms with Crippen LogP contribution >= 0.6 is 0 Å². The molecule has 24 heavy (non-hydrogen) atoms. The van der Waals surface area contributed by atoms with Crippen molar-refractivity contribution in [2.75, 3.05) is 5.32 Å².